The molecule has 17 nitrogen and oxygen atoms in total. The standard InChI is InChI=1S/C62H83N3O14/c1-14-34(71-9)22-25-78-61(5,6)23-26-76-59(69)36-18-16-20-40(36)64-42-30-44(74-12)50-49-43(73-11)29-39(63)47-51(49)46-38(28-32(3)45(33(4)66)54-52(46)53(50)48(42)57(68)58(54)75-13)55(56(47)67)65-41-21-17-19-37(41)60(70)77-27-24-62(7,8)79-31-35(15-2)72-10/h28-30,34-37,40-41,45,64-65H,14-27,31,63H2,1-13H3. The number of hydrogen-bond donors (Lipinski definition) is 3. The number of hydrogen-bond acceptors (Lipinski definition) is 17. The van der Waals surface area contributed by atoms with Crippen LogP contribution >= 0.6 is 0 Å². The fourth-order valence-corrected chi connectivity index (χ4v) is 12.6. The molecule has 0 aliphatic heterocycles. The predicted octanol–water partition coefficient (Wildman–Crippen LogP) is 10.5. The van der Waals surface area contributed by atoms with Crippen LogP contribution in [-0.2, 0) is 42.8 Å². The number of carbonyl (C=O) groups excluding carboxylic acids is 3. The number of nitrogens with two attached hydrogens (primary N) is 1. The van der Waals surface area contributed by atoms with Crippen LogP contribution in [0.2, 0.25) is 0 Å². The third-order valence-electron chi connectivity index (χ3n) is 17.1. The summed E-state index contributed by atoms with van der Waals surface area (Å²) in [6.45, 7) is 16.5. The summed E-state index contributed by atoms with van der Waals surface area (Å²) in [5.74, 6) is -2.45. The number of rotatable bonds is 27. The minimum Gasteiger partial charge on any atom is -0.496 e. The van der Waals surface area contributed by atoms with E-state index in [0.29, 0.717) is 124 Å². The highest BCUT2D eigenvalue weighted by atomic mass is 16.6. The molecule has 0 radical (unpaired) electrons. The van der Waals surface area contributed by atoms with Gasteiger partial charge in [-0.25, -0.2) is 0 Å². The second kappa shape index (κ2) is 24.4. The average molecular weight is 1090 g/mol. The van der Waals surface area contributed by atoms with Gasteiger partial charge in [-0.1, -0.05) is 38.3 Å². The first kappa shape index (κ1) is 59.1. The molecule has 0 bridgehead atoms. The van der Waals surface area contributed by atoms with E-state index in [2.05, 4.69) is 17.6 Å². The fourth-order valence-electron chi connectivity index (χ4n) is 12.6. The molecule has 0 spiro atoms. The van der Waals surface area contributed by atoms with Gasteiger partial charge in [-0.3, -0.25) is 24.0 Å². The Bertz CT molecular complexity index is 3220. The summed E-state index contributed by atoms with van der Waals surface area (Å²) in [4.78, 5) is 73.6. The van der Waals surface area contributed by atoms with Gasteiger partial charge in [-0.15, -0.1) is 0 Å². The van der Waals surface area contributed by atoms with E-state index in [0.717, 1.165) is 25.7 Å². The zero-order valence-corrected chi connectivity index (χ0v) is 48.7. The molecule has 2 saturated carbocycles. The SMILES string of the molecule is CCC(CCOC(C)(C)CCOC(=O)C1CCCC1Nc1cc(OC)c2c3c(OC)cc(N)c4c(=O)c(NC5CCCC5C(=O)OCCC(C)(C)OCC(CC)OC)c5c(c6c(c(OC)c(=O)c1c26)C(C(C)=O)C(C)=C5)c43)OC. The van der Waals surface area contributed by atoms with Gasteiger partial charge in [0.2, 0.25) is 10.9 Å². The first-order valence-corrected chi connectivity index (χ1v) is 28.2. The Labute approximate surface area is 463 Å². The largest absolute Gasteiger partial charge is 0.496 e. The molecule has 0 aromatic heterocycles. The van der Waals surface area contributed by atoms with Crippen molar-refractivity contribution in [3.8, 4) is 17.2 Å². The molecule has 5 aromatic carbocycles. The molecule has 0 amide bonds. The van der Waals surface area contributed by atoms with E-state index < -0.39 is 51.9 Å². The average Bonchev–Trinajstić information content (AvgIpc) is 4.26. The minimum atomic E-state index is -0.986. The van der Waals surface area contributed by atoms with Crippen LogP contribution in [0.3, 0.4) is 0 Å². The monoisotopic (exact) mass is 1090 g/mol. The summed E-state index contributed by atoms with van der Waals surface area (Å²) in [7, 11) is 7.82. The lowest BCUT2D eigenvalue weighted by Crippen LogP contribution is -2.35. The third kappa shape index (κ3) is 11.5. The molecule has 0 saturated heterocycles. The quantitative estimate of drug-likeness (QED) is 0.0193. The highest BCUT2D eigenvalue weighted by Gasteiger charge is 2.41. The van der Waals surface area contributed by atoms with Crippen molar-refractivity contribution in [2.24, 2.45) is 11.8 Å². The van der Waals surface area contributed by atoms with E-state index in [1.165, 1.54) is 28.3 Å². The maximum absolute atomic E-state index is 15.6. The van der Waals surface area contributed by atoms with Gasteiger partial charge in [-0.2, -0.15) is 0 Å². The predicted molar refractivity (Wildman–Crippen MR) is 310 cm³/mol. The van der Waals surface area contributed by atoms with Crippen molar-refractivity contribution in [2.75, 3.05) is 78.3 Å². The Hall–Kier alpha value is -6.01. The second-order valence-corrected chi connectivity index (χ2v) is 23.0. The first-order valence-electron chi connectivity index (χ1n) is 28.2. The third-order valence-corrected chi connectivity index (χ3v) is 17.1. The smallest absolute Gasteiger partial charge is 0.311 e. The van der Waals surface area contributed by atoms with Gasteiger partial charge in [0.15, 0.2) is 5.75 Å². The van der Waals surface area contributed by atoms with Crippen molar-refractivity contribution in [3.05, 3.63) is 49.3 Å². The Morgan fingerprint density at radius 2 is 1.22 bits per heavy atom. The highest BCUT2D eigenvalue weighted by molar-refractivity contribution is 6.40. The van der Waals surface area contributed by atoms with Crippen molar-refractivity contribution in [3.63, 3.8) is 0 Å². The number of esters is 2. The molecular weight excluding hydrogens is 1010 g/mol. The molecule has 430 valence electrons. The fraction of sp³-hybridized carbons (Fsp3) is 0.597. The zero-order valence-electron chi connectivity index (χ0n) is 48.7. The summed E-state index contributed by atoms with van der Waals surface area (Å²) in [5.41, 5.74) is 7.09. The van der Waals surface area contributed by atoms with E-state index >= 15 is 9.59 Å². The van der Waals surface area contributed by atoms with Crippen LogP contribution in [0, 0.1) is 11.8 Å². The van der Waals surface area contributed by atoms with E-state index in [1.807, 2.05) is 47.6 Å². The van der Waals surface area contributed by atoms with Crippen molar-refractivity contribution in [1.82, 2.24) is 0 Å². The lowest BCUT2D eigenvalue weighted by Gasteiger charge is -2.28. The van der Waals surface area contributed by atoms with Gasteiger partial charge in [0.25, 0.3) is 0 Å². The van der Waals surface area contributed by atoms with Gasteiger partial charge in [0.1, 0.15) is 17.3 Å². The van der Waals surface area contributed by atoms with E-state index in [1.54, 1.807) is 26.4 Å². The van der Waals surface area contributed by atoms with Gasteiger partial charge in [0, 0.05) is 102 Å². The molecule has 3 aliphatic carbocycles. The van der Waals surface area contributed by atoms with Crippen molar-refractivity contribution in [1.29, 1.82) is 0 Å². The number of ether oxygens (including phenoxy) is 9. The van der Waals surface area contributed by atoms with Crippen LogP contribution in [0.15, 0.2) is 27.3 Å². The summed E-state index contributed by atoms with van der Waals surface area (Å²) >= 11 is 0. The minimum absolute atomic E-state index is 0.0358. The Kier molecular flexibility index (Phi) is 18.2. The Morgan fingerprint density at radius 3 is 1.76 bits per heavy atom. The number of fused-ring (bicyclic) bond motifs is 1. The van der Waals surface area contributed by atoms with Crippen LogP contribution in [0.25, 0.3) is 49.2 Å². The second-order valence-electron chi connectivity index (χ2n) is 23.0. The molecule has 5 aromatic rings. The number of benzene rings is 5. The van der Waals surface area contributed by atoms with Crippen LogP contribution in [0.4, 0.5) is 17.1 Å². The van der Waals surface area contributed by atoms with E-state index in [-0.39, 0.29) is 71.0 Å². The number of methoxy groups -OCH3 is 5. The van der Waals surface area contributed by atoms with E-state index in [9.17, 15) is 14.4 Å². The normalized spacial score (nSPS) is 20.2. The maximum Gasteiger partial charge on any atom is 0.311 e. The molecule has 2 fully saturated rings. The topological polar surface area (TPSA) is 218 Å². The number of Topliss-reactive ketones (excluding diaryl/α,β-unsaturated/α-hetero) is 1. The van der Waals surface area contributed by atoms with Crippen molar-refractivity contribution >= 4 is 83.9 Å². The lowest BCUT2D eigenvalue weighted by molar-refractivity contribution is -0.151. The first-order chi connectivity index (χ1) is 37.7. The Balaban J connectivity index is 1.25. The number of anilines is 3. The van der Waals surface area contributed by atoms with Gasteiger partial charge in [-0.05, 0) is 91.9 Å². The molecule has 8 rings (SSSR count). The number of nitrogen functional groups attached to an aromatic ring is 1. The number of carbonyl (C=O) groups is 3. The highest BCUT2D eigenvalue weighted by Crippen LogP contribution is 2.56. The van der Waals surface area contributed by atoms with Crippen molar-refractivity contribution < 1.29 is 57.0 Å². The van der Waals surface area contributed by atoms with Crippen LogP contribution in [0.5, 0.6) is 17.2 Å². The summed E-state index contributed by atoms with van der Waals surface area (Å²) in [6, 6.07) is 2.42. The molecule has 79 heavy (non-hydrogen) atoms. The molecule has 7 unspecified atom stereocenters. The maximum atomic E-state index is 15.6. The zero-order chi connectivity index (χ0) is 57.2. The summed E-state index contributed by atoms with van der Waals surface area (Å²) < 4.78 is 53.9. The molecule has 7 atom stereocenters. The summed E-state index contributed by atoms with van der Waals surface area (Å²) in [6.07, 6.45) is 9.04. The summed E-state index contributed by atoms with van der Waals surface area (Å²) in [5, 5.41) is 10.6. The van der Waals surface area contributed by atoms with Gasteiger partial charge >= 0.3 is 11.9 Å². The number of nitrogens with one attached hydrogen (secondary N) is 2. The van der Waals surface area contributed by atoms with E-state index in [4.69, 9.17) is 48.4 Å². The van der Waals surface area contributed by atoms with Gasteiger partial charge in [0.05, 0.1) is 104 Å². The van der Waals surface area contributed by atoms with Crippen LogP contribution in [0.1, 0.15) is 143 Å². The Morgan fingerprint density at radius 1 is 0.658 bits per heavy atom. The number of ketones is 1. The van der Waals surface area contributed by atoms with Crippen LogP contribution < -0.4 is 41.4 Å². The molecule has 0 heterocycles. The molecule has 4 N–H and O–H groups in total. The number of allylic oxidation sites excluding steroid dienone is 1. The van der Waals surface area contributed by atoms with Gasteiger partial charge < -0.3 is 59.0 Å². The molecule has 3 aliphatic rings. The molecule has 17 heteroatoms. The van der Waals surface area contributed by atoms with Crippen molar-refractivity contribution in [2.45, 2.75) is 167 Å². The van der Waals surface area contributed by atoms with Crippen LogP contribution in [-0.4, -0.2) is 115 Å². The molecular formula is C62H83N3O14. The lowest BCUT2D eigenvalue weighted by atomic mass is 9.80.